The number of thiophene rings is 1. The summed E-state index contributed by atoms with van der Waals surface area (Å²) < 4.78 is 12.0. The maximum atomic E-state index is 13.1. The highest BCUT2D eigenvalue weighted by Gasteiger charge is 2.25. The number of anilines is 1. The topological polar surface area (TPSA) is 77.5 Å². The van der Waals surface area contributed by atoms with Gasteiger partial charge in [-0.2, -0.15) is 0 Å². The summed E-state index contributed by atoms with van der Waals surface area (Å²) in [5, 5.41) is 4.33. The number of ether oxygens (including phenoxy) is 2. The molecule has 0 aliphatic rings. The van der Waals surface area contributed by atoms with Crippen LogP contribution in [0.4, 0.5) is 5.00 Å². The lowest BCUT2D eigenvalue weighted by Crippen LogP contribution is -2.11. The predicted molar refractivity (Wildman–Crippen MR) is 143 cm³/mol. The molecule has 0 spiro atoms. The van der Waals surface area contributed by atoms with Crippen LogP contribution in [0.2, 0.25) is 0 Å². The zero-order valence-electron chi connectivity index (χ0n) is 20.1. The minimum Gasteiger partial charge on any atom is -0.494 e. The predicted octanol–water partition coefficient (Wildman–Crippen LogP) is 7.33. The summed E-state index contributed by atoms with van der Waals surface area (Å²) in [6, 6.07) is 15.0. The van der Waals surface area contributed by atoms with Gasteiger partial charge in [0.15, 0.2) is 0 Å². The Kier molecular flexibility index (Phi) is 8.15. The van der Waals surface area contributed by atoms with Crippen LogP contribution in [-0.4, -0.2) is 30.1 Å². The highest BCUT2D eigenvalue weighted by Crippen LogP contribution is 2.43. The number of thiazole rings is 1. The van der Waals surface area contributed by atoms with Crippen molar-refractivity contribution in [3.63, 3.8) is 0 Å². The molecule has 4 aromatic rings. The van der Waals surface area contributed by atoms with Crippen molar-refractivity contribution in [2.45, 2.75) is 40.0 Å². The molecule has 0 aliphatic carbocycles. The number of unbranched alkanes of at least 4 members (excludes halogenated alkanes) is 2. The van der Waals surface area contributed by atoms with Crippen LogP contribution in [0.1, 0.15) is 58.7 Å². The first-order valence-electron chi connectivity index (χ1n) is 11.7. The molecule has 2 heterocycles. The minimum absolute atomic E-state index is 0.262. The third-order valence-electron chi connectivity index (χ3n) is 5.48. The second-order valence-electron chi connectivity index (χ2n) is 8.00. The van der Waals surface area contributed by atoms with E-state index in [0.717, 1.165) is 51.4 Å². The van der Waals surface area contributed by atoms with Gasteiger partial charge in [-0.15, -0.1) is 22.7 Å². The zero-order chi connectivity index (χ0) is 24.8. The number of nitrogens with zero attached hydrogens (tertiary/aromatic N) is 1. The van der Waals surface area contributed by atoms with Crippen molar-refractivity contribution >= 4 is 49.8 Å². The molecule has 1 N–H and O–H groups in total. The third-order valence-corrected chi connectivity index (χ3v) is 7.72. The Morgan fingerprint density at radius 3 is 2.49 bits per heavy atom. The van der Waals surface area contributed by atoms with Gasteiger partial charge >= 0.3 is 5.97 Å². The number of fused-ring (bicyclic) bond motifs is 1. The average molecular weight is 509 g/mol. The standard InChI is InChI=1S/C27H28N2O4S2/c1-4-6-9-16-33-19-14-12-18(13-15-19)24(30)29-26-22(17(3)23(35-26)27(31)32-5-2)25-28-20-10-7-8-11-21(20)34-25/h7-8,10-15H,4-6,9,16H2,1-3H3,(H,29,30). The lowest BCUT2D eigenvalue weighted by atomic mass is 10.1. The fourth-order valence-electron chi connectivity index (χ4n) is 3.65. The molecule has 0 bridgehead atoms. The van der Waals surface area contributed by atoms with Gasteiger partial charge in [0.1, 0.15) is 20.6 Å². The summed E-state index contributed by atoms with van der Waals surface area (Å²) in [5.74, 6) is 0.0772. The number of amides is 1. The van der Waals surface area contributed by atoms with E-state index in [4.69, 9.17) is 14.5 Å². The molecular formula is C27H28N2O4S2. The fourth-order valence-corrected chi connectivity index (χ4v) is 5.89. The van der Waals surface area contributed by atoms with Crippen molar-refractivity contribution in [2.75, 3.05) is 18.5 Å². The maximum Gasteiger partial charge on any atom is 0.348 e. The molecule has 0 saturated carbocycles. The SMILES string of the molecule is CCCCCOc1ccc(C(=O)Nc2sc(C(=O)OCC)c(C)c2-c2nc3ccccc3s2)cc1. The van der Waals surface area contributed by atoms with Crippen LogP contribution in [0, 0.1) is 6.92 Å². The Hall–Kier alpha value is -3.23. The number of benzene rings is 2. The summed E-state index contributed by atoms with van der Waals surface area (Å²) >= 11 is 2.74. The van der Waals surface area contributed by atoms with E-state index in [-0.39, 0.29) is 12.5 Å². The summed E-state index contributed by atoms with van der Waals surface area (Å²) in [4.78, 5) is 30.9. The Bertz CT molecular complexity index is 1290. The van der Waals surface area contributed by atoms with Crippen molar-refractivity contribution in [1.82, 2.24) is 4.98 Å². The first-order chi connectivity index (χ1) is 17.0. The number of para-hydroxylation sites is 1. The normalized spacial score (nSPS) is 10.9. The van der Waals surface area contributed by atoms with Crippen LogP contribution < -0.4 is 10.1 Å². The summed E-state index contributed by atoms with van der Waals surface area (Å²) in [7, 11) is 0. The molecule has 2 aromatic heterocycles. The molecule has 0 radical (unpaired) electrons. The second-order valence-corrected chi connectivity index (χ2v) is 10.1. The van der Waals surface area contributed by atoms with Crippen molar-refractivity contribution < 1.29 is 19.1 Å². The first-order valence-corrected chi connectivity index (χ1v) is 13.4. The van der Waals surface area contributed by atoms with Gasteiger partial charge in [0.2, 0.25) is 0 Å². The van der Waals surface area contributed by atoms with E-state index in [2.05, 4.69) is 12.2 Å². The van der Waals surface area contributed by atoms with Crippen molar-refractivity contribution in [3.05, 3.63) is 64.5 Å². The molecule has 2 aromatic carbocycles. The second kappa shape index (κ2) is 11.5. The molecule has 35 heavy (non-hydrogen) atoms. The van der Waals surface area contributed by atoms with Crippen molar-refractivity contribution in [1.29, 1.82) is 0 Å². The highest BCUT2D eigenvalue weighted by atomic mass is 32.1. The minimum atomic E-state index is -0.401. The molecule has 0 saturated heterocycles. The first kappa shape index (κ1) is 24.9. The van der Waals surface area contributed by atoms with E-state index in [1.165, 1.54) is 22.7 Å². The van der Waals surface area contributed by atoms with E-state index in [0.29, 0.717) is 22.0 Å². The van der Waals surface area contributed by atoms with Crippen LogP contribution in [-0.2, 0) is 4.74 Å². The van der Waals surface area contributed by atoms with Gasteiger partial charge in [-0.1, -0.05) is 31.9 Å². The number of carbonyl (C=O) groups is 2. The molecule has 8 heteroatoms. The van der Waals surface area contributed by atoms with Crippen LogP contribution >= 0.6 is 22.7 Å². The van der Waals surface area contributed by atoms with Gasteiger partial charge in [-0.3, -0.25) is 4.79 Å². The van der Waals surface area contributed by atoms with Gasteiger partial charge in [-0.25, -0.2) is 9.78 Å². The van der Waals surface area contributed by atoms with Crippen LogP contribution in [0.5, 0.6) is 5.75 Å². The number of esters is 1. The molecule has 4 rings (SSSR count). The Balaban J connectivity index is 1.61. The zero-order valence-corrected chi connectivity index (χ0v) is 21.7. The highest BCUT2D eigenvalue weighted by molar-refractivity contribution is 7.23. The lowest BCUT2D eigenvalue weighted by molar-refractivity contribution is 0.0531. The summed E-state index contributed by atoms with van der Waals surface area (Å²) in [6.45, 7) is 6.73. The molecule has 182 valence electrons. The Labute approximate surface area is 212 Å². The third kappa shape index (κ3) is 5.71. The molecular weight excluding hydrogens is 480 g/mol. The van der Waals surface area contributed by atoms with E-state index >= 15 is 0 Å². The van der Waals surface area contributed by atoms with E-state index in [1.807, 2.05) is 31.2 Å². The van der Waals surface area contributed by atoms with E-state index in [1.54, 1.807) is 31.2 Å². The van der Waals surface area contributed by atoms with E-state index < -0.39 is 5.97 Å². The van der Waals surface area contributed by atoms with Gasteiger partial charge < -0.3 is 14.8 Å². The quantitative estimate of drug-likeness (QED) is 0.179. The van der Waals surface area contributed by atoms with Crippen LogP contribution in [0.15, 0.2) is 48.5 Å². The lowest BCUT2D eigenvalue weighted by Gasteiger charge is -2.08. The average Bonchev–Trinajstić information content (AvgIpc) is 3.42. The Morgan fingerprint density at radius 1 is 1.00 bits per heavy atom. The number of rotatable bonds is 10. The molecule has 0 aliphatic heterocycles. The van der Waals surface area contributed by atoms with Crippen molar-refractivity contribution in [3.8, 4) is 16.3 Å². The smallest absolute Gasteiger partial charge is 0.348 e. The van der Waals surface area contributed by atoms with Gasteiger partial charge in [0.05, 0.1) is 23.4 Å². The van der Waals surface area contributed by atoms with E-state index in [9.17, 15) is 9.59 Å². The number of carbonyl (C=O) groups excluding carboxylic acids is 2. The molecule has 0 atom stereocenters. The monoisotopic (exact) mass is 508 g/mol. The van der Waals surface area contributed by atoms with Crippen LogP contribution in [0.25, 0.3) is 20.8 Å². The number of nitrogens with one attached hydrogen (secondary N) is 1. The molecule has 0 unspecified atom stereocenters. The fraction of sp³-hybridized carbons (Fsp3) is 0.296. The molecule has 1 amide bonds. The van der Waals surface area contributed by atoms with Gasteiger partial charge in [0, 0.05) is 11.1 Å². The molecule has 0 fully saturated rings. The number of hydrogen-bond acceptors (Lipinski definition) is 7. The summed E-state index contributed by atoms with van der Waals surface area (Å²) in [5.41, 5.74) is 2.88. The largest absolute Gasteiger partial charge is 0.494 e. The Morgan fingerprint density at radius 2 is 1.77 bits per heavy atom. The number of aromatic nitrogens is 1. The maximum absolute atomic E-state index is 13.1. The molecule has 6 nitrogen and oxygen atoms in total. The summed E-state index contributed by atoms with van der Waals surface area (Å²) in [6.07, 6.45) is 3.28. The van der Waals surface area contributed by atoms with Crippen LogP contribution in [0.3, 0.4) is 0 Å². The van der Waals surface area contributed by atoms with Crippen molar-refractivity contribution in [2.24, 2.45) is 0 Å². The van der Waals surface area contributed by atoms with Gasteiger partial charge in [0.25, 0.3) is 5.91 Å². The number of hydrogen-bond donors (Lipinski definition) is 1. The van der Waals surface area contributed by atoms with Gasteiger partial charge in [-0.05, 0) is 62.2 Å².